The van der Waals surface area contributed by atoms with E-state index in [1.54, 1.807) is 11.3 Å². The van der Waals surface area contributed by atoms with Crippen molar-refractivity contribution in [3.05, 3.63) is 39.8 Å². The average Bonchev–Trinajstić information content (AvgIpc) is 2.92. The van der Waals surface area contributed by atoms with Gasteiger partial charge in [0.05, 0.1) is 11.2 Å². The van der Waals surface area contributed by atoms with E-state index in [2.05, 4.69) is 29.4 Å². The number of thiazole rings is 1. The number of aryl methyl sites for hydroxylation is 1. The van der Waals surface area contributed by atoms with Crippen molar-refractivity contribution >= 4 is 11.3 Å². The standard InChI is InChI=1S/C16H20N2O2S/c1-12-16(21-11-18-12)5-7-17-6-4-13-2-3-14-15(10-13)20-9-8-19-14/h2-3,10-11,17H,4-9H2,1H3. The molecule has 0 fully saturated rings. The van der Waals surface area contributed by atoms with Crippen LogP contribution in [0, 0.1) is 6.92 Å². The summed E-state index contributed by atoms with van der Waals surface area (Å²) in [5, 5.41) is 3.49. The van der Waals surface area contributed by atoms with Gasteiger partial charge in [-0.1, -0.05) is 6.07 Å². The van der Waals surface area contributed by atoms with E-state index in [4.69, 9.17) is 9.47 Å². The molecule has 2 heterocycles. The fourth-order valence-corrected chi connectivity index (χ4v) is 3.15. The number of hydrogen-bond acceptors (Lipinski definition) is 5. The van der Waals surface area contributed by atoms with Crippen LogP contribution in [0.4, 0.5) is 0 Å². The lowest BCUT2D eigenvalue weighted by Crippen LogP contribution is -2.20. The van der Waals surface area contributed by atoms with Gasteiger partial charge < -0.3 is 14.8 Å². The third-order valence-electron chi connectivity index (χ3n) is 3.57. The Morgan fingerprint density at radius 2 is 1.95 bits per heavy atom. The number of nitrogens with zero attached hydrogens (tertiary/aromatic N) is 1. The first kappa shape index (κ1) is 14.4. The molecule has 1 aromatic heterocycles. The first-order valence-corrected chi connectivity index (χ1v) is 8.19. The predicted octanol–water partition coefficient (Wildman–Crippen LogP) is 2.60. The van der Waals surface area contributed by atoms with Crippen LogP contribution < -0.4 is 14.8 Å². The molecule has 0 amide bonds. The summed E-state index contributed by atoms with van der Waals surface area (Å²) >= 11 is 1.74. The maximum absolute atomic E-state index is 5.60. The van der Waals surface area contributed by atoms with Crippen molar-refractivity contribution in [2.24, 2.45) is 0 Å². The summed E-state index contributed by atoms with van der Waals surface area (Å²) in [6, 6.07) is 6.20. The quantitative estimate of drug-likeness (QED) is 0.833. The second kappa shape index (κ2) is 6.91. The van der Waals surface area contributed by atoms with Crippen molar-refractivity contribution in [2.75, 3.05) is 26.3 Å². The number of aromatic nitrogens is 1. The van der Waals surface area contributed by atoms with E-state index in [1.165, 1.54) is 10.4 Å². The largest absolute Gasteiger partial charge is 0.486 e. The van der Waals surface area contributed by atoms with Crippen LogP contribution in [0.5, 0.6) is 11.5 Å². The number of nitrogens with one attached hydrogen (secondary N) is 1. The highest BCUT2D eigenvalue weighted by Gasteiger charge is 2.11. The molecule has 1 aromatic carbocycles. The van der Waals surface area contributed by atoms with Gasteiger partial charge in [0.1, 0.15) is 13.2 Å². The Hall–Kier alpha value is -1.59. The van der Waals surface area contributed by atoms with Gasteiger partial charge in [-0.3, -0.25) is 0 Å². The van der Waals surface area contributed by atoms with Crippen LogP contribution in [0.25, 0.3) is 0 Å². The molecule has 3 rings (SSSR count). The fourth-order valence-electron chi connectivity index (χ4n) is 2.37. The van der Waals surface area contributed by atoms with Gasteiger partial charge in [0, 0.05) is 11.4 Å². The molecule has 1 aliphatic heterocycles. The molecule has 1 N–H and O–H groups in total. The summed E-state index contributed by atoms with van der Waals surface area (Å²) in [5.74, 6) is 1.73. The molecule has 21 heavy (non-hydrogen) atoms. The smallest absolute Gasteiger partial charge is 0.161 e. The molecule has 5 heteroatoms. The lowest BCUT2D eigenvalue weighted by atomic mass is 10.1. The van der Waals surface area contributed by atoms with E-state index in [-0.39, 0.29) is 0 Å². The van der Waals surface area contributed by atoms with Gasteiger partial charge >= 0.3 is 0 Å². The lowest BCUT2D eigenvalue weighted by Gasteiger charge is -2.18. The average molecular weight is 304 g/mol. The number of hydrogen-bond donors (Lipinski definition) is 1. The molecule has 0 saturated heterocycles. The van der Waals surface area contributed by atoms with Crippen LogP contribution >= 0.6 is 11.3 Å². The van der Waals surface area contributed by atoms with Gasteiger partial charge in [0.15, 0.2) is 11.5 Å². The Kier molecular flexibility index (Phi) is 4.72. The molecule has 0 radical (unpaired) electrons. The minimum absolute atomic E-state index is 0.642. The van der Waals surface area contributed by atoms with Crippen molar-refractivity contribution in [2.45, 2.75) is 19.8 Å². The second-order valence-corrected chi connectivity index (χ2v) is 6.03. The molecular weight excluding hydrogens is 284 g/mol. The normalized spacial score (nSPS) is 13.4. The van der Waals surface area contributed by atoms with Crippen LogP contribution in [0.15, 0.2) is 23.7 Å². The highest BCUT2D eigenvalue weighted by atomic mass is 32.1. The van der Waals surface area contributed by atoms with Gasteiger partial charge in [-0.2, -0.15) is 0 Å². The molecule has 0 unspecified atom stereocenters. The van der Waals surface area contributed by atoms with E-state index >= 15 is 0 Å². The minimum Gasteiger partial charge on any atom is -0.486 e. The van der Waals surface area contributed by atoms with Crippen molar-refractivity contribution in [3.63, 3.8) is 0 Å². The van der Waals surface area contributed by atoms with Gasteiger partial charge in [-0.15, -0.1) is 11.3 Å². The molecule has 0 bridgehead atoms. The molecule has 2 aromatic rings. The van der Waals surface area contributed by atoms with E-state index in [0.717, 1.165) is 43.1 Å². The number of benzene rings is 1. The molecule has 0 saturated carbocycles. The molecule has 0 atom stereocenters. The third kappa shape index (κ3) is 3.74. The first-order valence-electron chi connectivity index (χ1n) is 7.31. The zero-order chi connectivity index (χ0) is 14.5. The summed E-state index contributed by atoms with van der Waals surface area (Å²) in [4.78, 5) is 5.65. The maximum Gasteiger partial charge on any atom is 0.161 e. The highest BCUT2D eigenvalue weighted by molar-refractivity contribution is 7.09. The Morgan fingerprint density at radius 1 is 1.14 bits per heavy atom. The maximum atomic E-state index is 5.60. The van der Waals surface area contributed by atoms with Gasteiger partial charge in [-0.05, 0) is 44.0 Å². The van der Waals surface area contributed by atoms with Crippen LogP contribution in [-0.4, -0.2) is 31.3 Å². The molecule has 112 valence electrons. The summed E-state index contributed by atoms with van der Waals surface area (Å²) in [6.45, 7) is 5.32. The molecule has 1 aliphatic rings. The third-order valence-corrected chi connectivity index (χ3v) is 4.57. The van der Waals surface area contributed by atoms with E-state index in [0.29, 0.717) is 13.2 Å². The van der Waals surface area contributed by atoms with Crippen molar-refractivity contribution in [1.82, 2.24) is 10.3 Å². The van der Waals surface area contributed by atoms with Crippen molar-refractivity contribution in [1.29, 1.82) is 0 Å². The first-order chi connectivity index (χ1) is 10.3. The van der Waals surface area contributed by atoms with Crippen molar-refractivity contribution < 1.29 is 9.47 Å². The summed E-state index contributed by atoms with van der Waals surface area (Å²) < 4.78 is 11.1. The predicted molar refractivity (Wildman–Crippen MR) is 84.6 cm³/mol. The Labute approximate surface area is 129 Å². The number of rotatable bonds is 6. The van der Waals surface area contributed by atoms with Gasteiger partial charge in [-0.25, -0.2) is 4.98 Å². The van der Waals surface area contributed by atoms with E-state index < -0.39 is 0 Å². The highest BCUT2D eigenvalue weighted by Crippen LogP contribution is 2.30. The Morgan fingerprint density at radius 3 is 2.76 bits per heavy atom. The van der Waals surface area contributed by atoms with Gasteiger partial charge in [0.2, 0.25) is 0 Å². The summed E-state index contributed by atoms with van der Waals surface area (Å²) in [7, 11) is 0. The fraction of sp³-hybridized carbons (Fsp3) is 0.438. The van der Waals surface area contributed by atoms with Crippen LogP contribution in [0.1, 0.15) is 16.1 Å². The van der Waals surface area contributed by atoms with E-state index in [1.807, 2.05) is 11.6 Å². The summed E-state index contributed by atoms with van der Waals surface area (Å²) in [6.07, 6.45) is 2.05. The lowest BCUT2D eigenvalue weighted by molar-refractivity contribution is 0.171. The second-order valence-electron chi connectivity index (χ2n) is 5.09. The van der Waals surface area contributed by atoms with Crippen LogP contribution in [-0.2, 0) is 12.8 Å². The van der Waals surface area contributed by atoms with Crippen LogP contribution in [0.2, 0.25) is 0 Å². The molecule has 4 nitrogen and oxygen atoms in total. The molecule has 0 aliphatic carbocycles. The monoisotopic (exact) mass is 304 g/mol. The van der Waals surface area contributed by atoms with E-state index in [9.17, 15) is 0 Å². The molecular formula is C16H20N2O2S. The van der Waals surface area contributed by atoms with Gasteiger partial charge in [0.25, 0.3) is 0 Å². The summed E-state index contributed by atoms with van der Waals surface area (Å²) in [5.41, 5.74) is 4.36. The SMILES string of the molecule is Cc1ncsc1CCNCCc1ccc2c(c1)OCCO2. The van der Waals surface area contributed by atoms with Crippen molar-refractivity contribution in [3.8, 4) is 11.5 Å². The number of ether oxygens (including phenoxy) is 2. The Bertz CT molecular complexity index is 598. The Balaban J connectivity index is 1.42. The minimum atomic E-state index is 0.642. The zero-order valence-electron chi connectivity index (χ0n) is 12.2. The number of fused-ring (bicyclic) bond motifs is 1. The van der Waals surface area contributed by atoms with Crippen LogP contribution in [0.3, 0.4) is 0 Å². The zero-order valence-corrected chi connectivity index (χ0v) is 13.0. The molecule has 0 spiro atoms. The topological polar surface area (TPSA) is 43.4 Å².